The van der Waals surface area contributed by atoms with Crippen LogP contribution in [0, 0.1) is 0 Å². The molecule has 0 saturated carbocycles. The highest BCUT2D eigenvalue weighted by Gasteiger charge is 2.10. The van der Waals surface area contributed by atoms with E-state index in [9.17, 15) is 0 Å². The first-order valence-corrected chi connectivity index (χ1v) is 7.74. The van der Waals surface area contributed by atoms with Gasteiger partial charge in [0.2, 0.25) is 5.95 Å². The third-order valence-corrected chi connectivity index (χ3v) is 4.45. The second-order valence-electron chi connectivity index (χ2n) is 3.67. The minimum absolute atomic E-state index is 0.611. The fourth-order valence-electron chi connectivity index (χ4n) is 1.28. The second kappa shape index (κ2) is 7.07. The third kappa shape index (κ3) is 4.06. The lowest BCUT2D eigenvalue weighted by atomic mass is 10.5. The molecular weight excluding hydrogens is 348 g/mol. The first-order chi connectivity index (χ1) is 9.20. The van der Waals surface area contributed by atoms with Crippen molar-refractivity contribution in [2.24, 2.45) is 0 Å². The number of hydrogen-bond donors (Lipinski definition) is 1. The maximum atomic E-state index is 6.09. The van der Waals surface area contributed by atoms with Gasteiger partial charge in [-0.1, -0.05) is 18.5 Å². The Morgan fingerprint density at radius 3 is 2.95 bits per heavy atom. The zero-order valence-electron chi connectivity index (χ0n) is 10.2. The number of pyridine rings is 1. The summed E-state index contributed by atoms with van der Waals surface area (Å²) in [6.45, 7) is 2.94. The molecule has 0 saturated heterocycles. The molecule has 0 aliphatic carbocycles. The van der Waals surface area contributed by atoms with Gasteiger partial charge in [-0.25, -0.2) is 15.0 Å². The molecular formula is C12H12BrClN4S. The molecule has 0 atom stereocenters. The summed E-state index contributed by atoms with van der Waals surface area (Å²) in [5.74, 6) is 0.611. The minimum atomic E-state index is 0.611. The van der Waals surface area contributed by atoms with Crippen molar-refractivity contribution in [3.63, 3.8) is 0 Å². The molecule has 0 unspecified atom stereocenters. The number of halogens is 2. The first kappa shape index (κ1) is 14.6. The van der Waals surface area contributed by atoms with E-state index in [1.807, 2.05) is 6.07 Å². The van der Waals surface area contributed by atoms with Gasteiger partial charge in [0, 0.05) is 18.9 Å². The fraction of sp³-hybridized carbons (Fsp3) is 0.250. The van der Waals surface area contributed by atoms with Crippen LogP contribution in [0.5, 0.6) is 0 Å². The molecule has 2 aromatic rings. The monoisotopic (exact) mass is 358 g/mol. The first-order valence-electron chi connectivity index (χ1n) is 5.75. The zero-order valence-corrected chi connectivity index (χ0v) is 13.4. The predicted molar refractivity (Wildman–Crippen MR) is 81.9 cm³/mol. The standard InChI is InChI=1S/C12H12BrClN4S/c1-2-5-16-12-17-7-8(13)10(18-12)19-11-9(14)4-3-6-15-11/h3-4,6-7H,2,5H2,1H3,(H,16,17,18). The normalized spacial score (nSPS) is 10.5. The summed E-state index contributed by atoms with van der Waals surface area (Å²) in [6.07, 6.45) is 4.46. The summed E-state index contributed by atoms with van der Waals surface area (Å²) >= 11 is 10.9. The highest BCUT2D eigenvalue weighted by molar-refractivity contribution is 9.10. The van der Waals surface area contributed by atoms with Crippen LogP contribution in [0.25, 0.3) is 0 Å². The average Bonchev–Trinajstić information content (AvgIpc) is 2.42. The number of nitrogens with zero attached hydrogens (tertiary/aromatic N) is 3. The molecule has 7 heteroatoms. The van der Waals surface area contributed by atoms with Crippen LogP contribution < -0.4 is 5.32 Å². The van der Waals surface area contributed by atoms with E-state index in [0.717, 1.165) is 27.5 Å². The Labute approximate surface area is 129 Å². The SMILES string of the molecule is CCCNc1ncc(Br)c(Sc2ncccc2Cl)n1. The molecule has 0 aliphatic rings. The van der Waals surface area contributed by atoms with Gasteiger partial charge in [0.25, 0.3) is 0 Å². The lowest BCUT2D eigenvalue weighted by Gasteiger charge is -2.07. The third-order valence-electron chi connectivity index (χ3n) is 2.16. The van der Waals surface area contributed by atoms with Gasteiger partial charge < -0.3 is 5.32 Å². The maximum absolute atomic E-state index is 6.09. The van der Waals surface area contributed by atoms with Crippen molar-refractivity contribution in [1.29, 1.82) is 0 Å². The summed E-state index contributed by atoms with van der Waals surface area (Å²) < 4.78 is 0.821. The van der Waals surface area contributed by atoms with Crippen LogP contribution >= 0.6 is 39.3 Å². The molecule has 4 nitrogen and oxygen atoms in total. The van der Waals surface area contributed by atoms with E-state index in [4.69, 9.17) is 11.6 Å². The van der Waals surface area contributed by atoms with Gasteiger partial charge in [0.15, 0.2) is 0 Å². The molecule has 0 aromatic carbocycles. The van der Waals surface area contributed by atoms with Crippen molar-refractivity contribution in [1.82, 2.24) is 15.0 Å². The molecule has 0 aliphatic heterocycles. The summed E-state index contributed by atoms with van der Waals surface area (Å²) in [7, 11) is 0. The molecule has 100 valence electrons. The molecule has 1 N–H and O–H groups in total. The van der Waals surface area contributed by atoms with E-state index in [-0.39, 0.29) is 0 Å². The van der Waals surface area contributed by atoms with Crippen LogP contribution in [0.1, 0.15) is 13.3 Å². The Balaban J connectivity index is 2.21. The van der Waals surface area contributed by atoms with E-state index in [2.05, 4.69) is 43.1 Å². The predicted octanol–water partition coefficient (Wildman–Crippen LogP) is 4.26. The van der Waals surface area contributed by atoms with Crippen molar-refractivity contribution < 1.29 is 0 Å². The van der Waals surface area contributed by atoms with E-state index >= 15 is 0 Å². The Morgan fingerprint density at radius 1 is 1.37 bits per heavy atom. The van der Waals surface area contributed by atoms with Gasteiger partial charge in [-0.2, -0.15) is 0 Å². The molecule has 0 fully saturated rings. The van der Waals surface area contributed by atoms with Crippen LogP contribution in [-0.2, 0) is 0 Å². The molecule has 2 heterocycles. The van der Waals surface area contributed by atoms with Crippen LogP contribution in [-0.4, -0.2) is 21.5 Å². The average molecular weight is 360 g/mol. The molecule has 2 rings (SSSR count). The zero-order chi connectivity index (χ0) is 13.7. The highest BCUT2D eigenvalue weighted by Crippen LogP contribution is 2.34. The van der Waals surface area contributed by atoms with Crippen LogP contribution in [0.4, 0.5) is 5.95 Å². The second-order valence-corrected chi connectivity index (χ2v) is 5.90. The number of nitrogens with one attached hydrogen (secondary N) is 1. The van der Waals surface area contributed by atoms with E-state index in [1.54, 1.807) is 18.5 Å². The number of aromatic nitrogens is 3. The van der Waals surface area contributed by atoms with E-state index in [1.165, 1.54) is 11.8 Å². The quantitative estimate of drug-likeness (QED) is 0.808. The molecule has 0 bridgehead atoms. The van der Waals surface area contributed by atoms with Crippen LogP contribution in [0.15, 0.2) is 39.1 Å². The van der Waals surface area contributed by atoms with E-state index < -0.39 is 0 Å². The molecule has 2 aromatic heterocycles. The van der Waals surface area contributed by atoms with Gasteiger partial charge in [0.1, 0.15) is 10.1 Å². The number of rotatable bonds is 5. The summed E-state index contributed by atoms with van der Waals surface area (Å²) in [5.41, 5.74) is 0. The van der Waals surface area contributed by atoms with Gasteiger partial charge in [-0.05, 0) is 46.2 Å². The lowest BCUT2D eigenvalue weighted by Crippen LogP contribution is -2.04. The van der Waals surface area contributed by atoms with Crippen molar-refractivity contribution in [3.8, 4) is 0 Å². The molecule has 19 heavy (non-hydrogen) atoms. The van der Waals surface area contributed by atoms with Gasteiger partial charge in [0.05, 0.1) is 9.50 Å². The van der Waals surface area contributed by atoms with Crippen LogP contribution in [0.2, 0.25) is 5.02 Å². The summed E-state index contributed by atoms with van der Waals surface area (Å²) in [5, 5.41) is 5.28. The maximum Gasteiger partial charge on any atom is 0.223 e. The molecule has 0 radical (unpaired) electrons. The Morgan fingerprint density at radius 2 is 2.21 bits per heavy atom. The molecule has 0 spiro atoms. The highest BCUT2D eigenvalue weighted by atomic mass is 79.9. The summed E-state index contributed by atoms with van der Waals surface area (Å²) in [4.78, 5) is 12.9. The Kier molecular flexibility index (Phi) is 5.42. The molecule has 0 amide bonds. The lowest BCUT2D eigenvalue weighted by molar-refractivity contribution is 0.929. The Bertz CT molecular complexity index is 567. The topological polar surface area (TPSA) is 50.7 Å². The van der Waals surface area contributed by atoms with Gasteiger partial charge in [-0.15, -0.1) is 0 Å². The van der Waals surface area contributed by atoms with Crippen molar-refractivity contribution >= 4 is 45.2 Å². The Hall–Kier alpha value is -0.850. The van der Waals surface area contributed by atoms with Gasteiger partial charge >= 0.3 is 0 Å². The van der Waals surface area contributed by atoms with Crippen molar-refractivity contribution in [3.05, 3.63) is 34.0 Å². The van der Waals surface area contributed by atoms with Crippen LogP contribution in [0.3, 0.4) is 0 Å². The fourth-order valence-corrected chi connectivity index (χ4v) is 2.70. The van der Waals surface area contributed by atoms with E-state index in [0.29, 0.717) is 11.0 Å². The number of hydrogen-bond acceptors (Lipinski definition) is 5. The van der Waals surface area contributed by atoms with Crippen molar-refractivity contribution in [2.45, 2.75) is 23.4 Å². The van der Waals surface area contributed by atoms with Crippen molar-refractivity contribution in [2.75, 3.05) is 11.9 Å². The number of anilines is 1. The minimum Gasteiger partial charge on any atom is -0.354 e. The largest absolute Gasteiger partial charge is 0.354 e. The van der Waals surface area contributed by atoms with Gasteiger partial charge in [-0.3, -0.25) is 0 Å². The smallest absolute Gasteiger partial charge is 0.223 e. The summed E-state index contributed by atoms with van der Waals surface area (Å²) in [6, 6.07) is 3.61.